The Balaban J connectivity index is 1.75. The van der Waals surface area contributed by atoms with Crippen molar-refractivity contribution in [3.63, 3.8) is 0 Å². The van der Waals surface area contributed by atoms with Gasteiger partial charge in [-0.15, -0.1) is 11.3 Å². The molecule has 0 bridgehead atoms. The largest absolute Gasteiger partial charge is 0.348 e. The van der Waals surface area contributed by atoms with Crippen molar-refractivity contribution >= 4 is 11.3 Å². The van der Waals surface area contributed by atoms with Crippen LogP contribution in [0.1, 0.15) is 54.1 Å². The molecule has 2 aromatic heterocycles. The molecule has 3 nitrogen and oxygen atoms in total. The number of rotatable bonds is 4. The Morgan fingerprint density at radius 1 is 1.47 bits per heavy atom. The molecule has 19 heavy (non-hydrogen) atoms. The molecule has 0 radical (unpaired) electrons. The van der Waals surface area contributed by atoms with Gasteiger partial charge in [-0.25, -0.2) is 4.98 Å². The van der Waals surface area contributed by atoms with Gasteiger partial charge in [0.2, 0.25) is 0 Å². The summed E-state index contributed by atoms with van der Waals surface area (Å²) in [6.07, 6.45) is 10.3. The van der Waals surface area contributed by atoms with Gasteiger partial charge in [0.05, 0.1) is 17.2 Å². The third-order valence-electron chi connectivity index (χ3n) is 3.77. The van der Waals surface area contributed by atoms with Gasteiger partial charge in [0.15, 0.2) is 0 Å². The van der Waals surface area contributed by atoms with Gasteiger partial charge in [0, 0.05) is 23.8 Å². The number of nitrogens with two attached hydrogens (primary N) is 1. The zero-order chi connectivity index (χ0) is 13.2. The Labute approximate surface area is 118 Å². The number of thiazole rings is 1. The quantitative estimate of drug-likeness (QED) is 0.930. The molecule has 2 N–H and O–H groups in total. The molecule has 2 heterocycles. The van der Waals surface area contributed by atoms with E-state index < -0.39 is 0 Å². The average Bonchev–Trinajstić information content (AvgIpc) is 2.98. The lowest BCUT2D eigenvalue weighted by molar-refractivity contribution is 0.573. The number of hydrogen-bond donors (Lipinski definition) is 1. The van der Waals surface area contributed by atoms with Crippen LogP contribution in [0.4, 0.5) is 0 Å². The number of nitrogens with zero attached hydrogens (tertiary/aromatic N) is 2. The first kappa shape index (κ1) is 12.9. The molecular formula is C15H21N3S. The molecule has 0 spiro atoms. The van der Waals surface area contributed by atoms with Crippen LogP contribution >= 0.6 is 11.3 Å². The molecular weight excluding hydrogens is 254 g/mol. The summed E-state index contributed by atoms with van der Waals surface area (Å²) in [6.45, 7) is 3.07. The predicted octanol–water partition coefficient (Wildman–Crippen LogP) is 3.28. The van der Waals surface area contributed by atoms with Gasteiger partial charge in [-0.05, 0) is 43.2 Å². The van der Waals surface area contributed by atoms with Crippen molar-refractivity contribution in [3.05, 3.63) is 39.6 Å². The van der Waals surface area contributed by atoms with Crippen LogP contribution in [0.3, 0.4) is 0 Å². The first-order chi connectivity index (χ1) is 9.26. The number of fused-ring (bicyclic) bond motifs is 1. The summed E-state index contributed by atoms with van der Waals surface area (Å²) in [6, 6.07) is 0.232. The van der Waals surface area contributed by atoms with Crippen molar-refractivity contribution in [1.82, 2.24) is 9.55 Å². The summed E-state index contributed by atoms with van der Waals surface area (Å²) >= 11 is 1.78. The van der Waals surface area contributed by atoms with Gasteiger partial charge >= 0.3 is 0 Å². The maximum Gasteiger partial charge on any atom is 0.0928 e. The van der Waals surface area contributed by atoms with E-state index in [2.05, 4.69) is 34.2 Å². The fourth-order valence-corrected chi connectivity index (χ4v) is 3.70. The summed E-state index contributed by atoms with van der Waals surface area (Å²) in [5, 5.41) is 3.44. The topological polar surface area (TPSA) is 43.8 Å². The van der Waals surface area contributed by atoms with Crippen molar-refractivity contribution in [2.75, 3.05) is 0 Å². The van der Waals surface area contributed by atoms with Crippen molar-refractivity contribution in [1.29, 1.82) is 0 Å². The van der Waals surface area contributed by atoms with E-state index in [1.54, 1.807) is 11.3 Å². The normalized spacial score (nSPS) is 18.5. The standard InChI is InChI=1S/C15H21N3S/c1-2-4-15-17-12(10-19-15)8-18-7-11-5-3-6-14(16)13(11)9-18/h7,9-10,14H,2-6,8,16H2,1H3. The van der Waals surface area contributed by atoms with E-state index in [0.717, 1.165) is 19.4 Å². The molecule has 1 atom stereocenters. The van der Waals surface area contributed by atoms with E-state index >= 15 is 0 Å². The minimum absolute atomic E-state index is 0.232. The van der Waals surface area contributed by atoms with E-state index in [9.17, 15) is 0 Å². The maximum absolute atomic E-state index is 6.17. The molecule has 1 aliphatic carbocycles. The highest BCUT2D eigenvalue weighted by Crippen LogP contribution is 2.28. The lowest BCUT2D eigenvalue weighted by Crippen LogP contribution is -2.15. The fourth-order valence-electron chi connectivity index (χ4n) is 2.81. The lowest BCUT2D eigenvalue weighted by atomic mass is 9.92. The van der Waals surface area contributed by atoms with Crippen LogP contribution in [-0.4, -0.2) is 9.55 Å². The van der Waals surface area contributed by atoms with Gasteiger partial charge in [-0.1, -0.05) is 6.92 Å². The molecule has 0 saturated carbocycles. The zero-order valence-electron chi connectivity index (χ0n) is 11.4. The summed E-state index contributed by atoms with van der Waals surface area (Å²) in [5.41, 5.74) is 10.1. The van der Waals surface area contributed by atoms with Crippen LogP contribution in [0.25, 0.3) is 0 Å². The molecule has 0 saturated heterocycles. The van der Waals surface area contributed by atoms with Crippen molar-refractivity contribution in [2.24, 2.45) is 5.73 Å². The molecule has 1 aliphatic rings. The highest BCUT2D eigenvalue weighted by Gasteiger charge is 2.18. The maximum atomic E-state index is 6.17. The van der Waals surface area contributed by atoms with Crippen LogP contribution in [0.15, 0.2) is 17.8 Å². The van der Waals surface area contributed by atoms with Gasteiger partial charge < -0.3 is 10.3 Å². The highest BCUT2D eigenvalue weighted by molar-refractivity contribution is 7.09. The summed E-state index contributed by atoms with van der Waals surface area (Å²) in [7, 11) is 0. The van der Waals surface area contributed by atoms with Gasteiger partial charge in [0.25, 0.3) is 0 Å². The molecule has 0 aromatic carbocycles. The Hall–Kier alpha value is -1.13. The van der Waals surface area contributed by atoms with Gasteiger partial charge in [-0.3, -0.25) is 0 Å². The fraction of sp³-hybridized carbons (Fsp3) is 0.533. The number of aromatic nitrogens is 2. The Kier molecular flexibility index (Phi) is 3.71. The smallest absolute Gasteiger partial charge is 0.0928 e. The zero-order valence-corrected chi connectivity index (χ0v) is 12.2. The van der Waals surface area contributed by atoms with Crippen molar-refractivity contribution in [2.45, 2.75) is 51.6 Å². The summed E-state index contributed by atoms with van der Waals surface area (Å²) in [4.78, 5) is 4.69. The second-order valence-electron chi connectivity index (χ2n) is 5.39. The van der Waals surface area contributed by atoms with E-state index in [1.807, 2.05) is 0 Å². The Bertz CT molecular complexity index is 555. The number of hydrogen-bond acceptors (Lipinski definition) is 3. The second kappa shape index (κ2) is 5.47. The molecule has 3 rings (SSSR count). The van der Waals surface area contributed by atoms with Gasteiger partial charge in [-0.2, -0.15) is 0 Å². The molecule has 0 aliphatic heterocycles. The molecule has 102 valence electrons. The molecule has 0 amide bonds. The van der Waals surface area contributed by atoms with Crippen LogP contribution in [0.5, 0.6) is 0 Å². The minimum Gasteiger partial charge on any atom is -0.348 e. The Morgan fingerprint density at radius 2 is 2.37 bits per heavy atom. The SMILES string of the molecule is CCCc1nc(Cn2cc3c(c2)C(N)CCC3)cs1. The highest BCUT2D eigenvalue weighted by atomic mass is 32.1. The first-order valence-corrected chi connectivity index (χ1v) is 8.01. The van der Waals surface area contributed by atoms with Crippen molar-refractivity contribution in [3.8, 4) is 0 Å². The lowest BCUT2D eigenvalue weighted by Gasteiger charge is -2.17. The monoisotopic (exact) mass is 275 g/mol. The first-order valence-electron chi connectivity index (χ1n) is 7.13. The average molecular weight is 275 g/mol. The number of aryl methyl sites for hydroxylation is 2. The summed E-state index contributed by atoms with van der Waals surface area (Å²) in [5.74, 6) is 0. The van der Waals surface area contributed by atoms with Crippen molar-refractivity contribution < 1.29 is 0 Å². The third kappa shape index (κ3) is 2.74. The van der Waals surface area contributed by atoms with Crippen LogP contribution in [0.2, 0.25) is 0 Å². The van der Waals surface area contributed by atoms with E-state index in [1.165, 1.54) is 41.1 Å². The van der Waals surface area contributed by atoms with Crippen LogP contribution in [-0.2, 0) is 19.4 Å². The van der Waals surface area contributed by atoms with Gasteiger partial charge in [0.1, 0.15) is 0 Å². The second-order valence-corrected chi connectivity index (χ2v) is 6.34. The van der Waals surface area contributed by atoms with E-state index in [0.29, 0.717) is 0 Å². The molecule has 0 fully saturated rings. The molecule has 1 unspecified atom stereocenters. The van der Waals surface area contributed by atoms with Crippen LogP contribution < -0.4 is 5.73 Å². The molecule has 2 aromatic rings. The third-order valence-corrected chi connectivity index (χ3v) is 4.72. The predicted molar refractivity (Wildman–Crippen MR) is 79.5 cm³/mol. The van der Waals surface area contributed by atoms with E-state index in [-0.39, 0.29) is 6.04 Å². The molecule has 4 heteroatoms. The summed E-state index contributed by atoms with van der Waals surface area (Å²) < 4.78 is 2.25. The van der Waals surface area contributed by atoms with Crippen LogP contribution in [0, 0.1) is 0 Å². The minimum atomic E-state index is 0.232. The Morgan fingerprint density at radius 3 is 3.16 bits per heavy atom. The van der Waals surface area contributed by atoms with E-state index in [4.69, 9.17) is 5.73 Å².